The molecule has 0 unspecified atom stereocenters. The second-order valence-electron chi connectivity index (χ2n) is 5.28. The first-order valence-electron chi connectivity index (χ1n) is 6.92. The number of carbonyl (C=O) groups excluding carboxylic acids is 2. The van der Waals surface area contributed by atoms with Crippen molar-refractivity contribution in [2.24, 2.45) is 5.92 Å². The Kier molecular flexibility index (Phi) is 3.58. The predicted octanol–water partition coefficient (Wildman–Crippen LogP) is 1.90. The molecule has 0 aromatic heterocycles. The molecular weight excluding hydrogens is 258 g/mol. The molecule has 1 heterocycles. The van der Waals surface area contributed by atoms with Crippen LogP contribution in [0.15, 0.2) is 18.2 Å². The lowest BCUT2D eigenvalue weighted by Crippen LogP contribution is -2.19. The molecule has 1 aromatic carbocycles. The van der Waals surface area contributed by atoms with Crippen molar-refractivity contribution in [2.75, 3.05) is 18.5 Å². The third-order valence-electron chi connectivity index (χ3n) is 3.51. The molecule has 0 bridgehead atoms. The van der Waals surface area contributed by atoms with Gasteiger partial charge in [-0.15, -0.1) is 0 Å². The van der Waals surface area contributed by atoms with Gasteiger partial charge in [0.05, 0.1) is 6.61 Å². The first-order valence-corrected chi connectivity index (χ1v) is 6.92. The quantitative estimate of drug-likeness (QED) is 0.834. The van der Waals surface area contributed by atoms with Crippen molar-refractivity contribution in [3.05, 3.63) is 23.8 Å². The summed E-state index contributed by atoms with van der Waals surface area (Å²) < 4.78 is 10.5. The molecule has 3 rings (SSSR count). The van der Waals surface area contributed by atoms with E-state index in [9.17, 15) is 9.59 Å². The summed E-state index contributed by atoms with van der Waals surface area (Å²) >= 11 is 0. The lowest BCUT2D eigenvalue weighted by atomic mass is 10.0. The standard InChI is InChI=1S/C15H17NO4/c17-14-6-3-11-7-12(4-5-13(11)16-14)19-9-15(18)20-8-10-1-2-10/h4-5,7,10H,1-3,6,8-9H2,(H,16,17). The maximum atomic E-state index is 11.5. The first kappa shape index (κ1) is 13.0. The minimum absolute atomic E-state index is 0.0369. The first-order chi connectivity index (χ1) is 9.70. The molecule has 20 heavy (non-hydrogen) atoms. The van der Waals surface area contributed by atoms with Crippen LogP contribution in [0.1, 0.15) is 24.8 Å². The summed E-state index contributed by atoms with van der Waals surface area (Å²) in [5.41, 5.74) is 1.86. The topological polar surface area (TPSA) is 64.6 Å². The number of hydrogen-bond donors (Lipinski definition) is 1. The number of esters is 1. The third kappa shape index (κ3) is 3.29. The van der Waals surface area contributed by atoms with Crippen molar-refractivity contribution in [2.45, 2.75) is 25.7 Å². The van der Waals surface area contributed by atoms with Crippen molar-refractivity contribution in [3.8, 4) is 5.75 Å². The highest BCUT2D eigenvalue weighted by atomic mass is 16.6. The van der Waals surface area contributed by atoms with Crippen LogP contribution in [0.5, 0.6) is 5.75 Å². The van der Waals surface area contributed by atoms with Gasteiger partial charge in [-0.3, -0.25) is 4.79 Å². The molecule has 106 valence electrons. The van der Waals surface area contributed by atoms with E-state index < -0.39 is 0 Å². The van der Waals surface area contributed by atoms with E-state index in [-0.39, 0.29) is 18.5 Å². The van der Waals surface area contributed by atoms with E-state index in [1.165, 1.54) is 0 Å². The highest BCUT2D eigenvalue weighted by molar-refractivity contribution is 5.94. The summed E-state index contributed by atoms with van der Waals surface area (Å²) in [7, 11) is 0. The molecule has 0 radical (unpaired) electrons. The Balaban J connectivity index is 1.52. The summed E-state index contributed by atoms with van der Waals surface area (Å²) in [4.78, 5) is 22.7. The fourth-order valence-corrected chi connectivity index (χ4v) is 2.13. The van der Waals surface area contributed by atoms with Crippen molar-refractivity contribution < 1.29 is 19.1 Å². The van der Waals surface area contributed by atoms with E-state index in [1.54, 1.807) is 12.1 Å². The molecule has 1 amide bonds. The molecule has 0 saturated heterocycles. The van der Waals surface area contributed by atoms with E-state index in [4.69, 9.17) is 9.47 Å². The summed E-state index contributed by atoms with van der Waals surface area (Å²) in [6.07, 6.45) is 3.50. The number of benzene rings is 1. The summed E-state index contributed by atoms with van der Waals surface area (Å²) in [6.45, 7) is 0.441. The lowest BCUT2D eigenvalue weighted by molar-refractivity contribution is -0.146. The largest absolute Gasteiger partial charge is 0.482 e. The van der Waals surface area contributed by atoms with Gasteiger partial charge in [0.1, 0.15) is 5.75 Å². The van der Waals surface area contributed by atoms with E-state index in [0.717, 1.165) is 24.1 Å². The molecule has 0 spiro atoms. The SMILES string of the molecule is O=C1CCc2cc(OCC(=O)OCC3CC3)ccc2N1. The Bertz CT molecular complexity index is 537. The molecular formula is C15H17NO4. The number of fused-ring (bicyclic) bond motifs is 1. The van der Waals surface area contributed by atoms with Gasteiger partial charge >= 0.3 is 5.97 Å². The highest BCUT2D eigenvalue weighted by Gasteiger charge is 2.23. The Labute approximate surface area is 117 Å². The third-order valence-corrected chi connectivity index (χ3v) is 3.51. The maximum absolute atomic E-state index is 11.5. The number of hydrogen-bond acceptors (Lipinski definition) is 4. The van der Waals surface area contributed by atoms with Crippen LogP contribution in [-0.4, -0.2) is 25.1 Å². The predicted molar refractivity (Wildman–Crippen MR) is 72.6 cm³/mol. The second kappa shape index (κ2) is 5.53. The Hall–Kier alpha value is -2.04. The Morgan fingerprint density at radius 3 is 2.95 bits per heavy atom. The zero-order valence-corrected chi connectivity index (χ0v) is 11.2. The number of amides is 1. The fourth-order valence-electron chi connectivity index (χ4n) is 2.13. The molecule has 1 aromatic rings. The van der Waals surface area contributed by atoms with Gasteiger partial charge in [-0.2, -0.15) is 0 Å². The molecule has 0 atom stereocenters. The van der Waals surface area contributed by atoms with Crippen LogP contribution in [0.4, 0.5) is 5.69 Å². The number of anilines is 1. The minimum atomic E-state index is -0.331. The van der Waals surface area contributed by atoms with Crippen molar-refractivity contribution in [1.82, 2.24) is 0 Å². The van der Waals surface area contributed by atoms with Crippen molar-refractivity contribution in [3.63, 3.8) is 0 Å². The molecule has 1 aliphatic heterocycles. The molecule has 1 N–H and O–H groups in total. The van der Waals surface area contributed by atoms with Gasteiger partial charge in [-0.25, -0.2) is 4.79 Å². The molecule has 1 aliphatic carbocycles. The van der Waals surface area contributed by atoms with Crippen LogP contribution in [-0.2, 0) is 20.7 Å². The van der Waals surface area contributed by atoms with E-state index in [2.05, 4.69) is 5.32 Å². The molecule has 1 saturated carbocycles. The van der Waals surface area contributed by atoms with Gasteiger partial charge in [0.25, 0.3) is 0 Å². The van der Waals surface area contributed by atoms with Crippen LogP contribution < -0.4 is 10.1 Å². The molecule has 1 fully saturated rings. The van der Waals surface area contributed by atoms with Gasteiger partial charge in [0.2, 0.25) is 5.91 Å². The summed E-state index contributed by atoms with van der Waals surface area (Å²) in [5.74, 6) is 0.896. The average molecular weight is 275 g/mol. The van der Waals surface area contributed by atoms with Gasteiger partial charge in [0.15, 0.2) is 6.61 Å². The Morgan fingerprint density at radius 1 is 1.30 bits per heavy atom. The normalized spacial score (nSPS) is 17.1. The van der Waals surface area contributed by atoms with Crippen LogP contribution in [0.2, 0.25) is 0 Å². The highest BCUT2D eigenvalue weighted by Crippen LogP contribution is 2.29. The van der Waals surface area contributed by atoms with Crippen LogP contribution in [0.3, 0.4) is 0 Å². The number of ether oxygens (including phenoxy) is 2. The van der Waals surface area contributed by atoms with Gasteiger partial charge < -0.3 is 14.8 Å². The van der Waals surface area contributed by atoms with Crippen LogP contribution in [0, 0.1) is 5.92 Å². The average Bonchev–Trinajstić information content (AvgIpc) is 3.27. The lowest BCUT2D eigenvalue weighted by Gasteiger charge is -2.17. The number of rotatable bonds is 5. The minimum Gasteiger partial charge on any atom is -0.482 e. The summed E-state index contributed by atoms with van der Waals surface area (Å²) in [6, 6.07) is 5.42. The second-order valence-corrected chi connectivity index (χ2v) is 5.28. The zero-order chi connectivity index (χ0) is 13.9. The van der Waals surface area contributed by atoms with Crippen molar-refractivity contribution >= 4 is 17.6 Å². The van der Waals surface area contributed by atoms with E-state index >= 15 is 0 Å². The van der Waals surface area contributed by atoms with Gasteiger partial charge in [-0.05, 0) is 48.9 Å². The van der Waals surface area contributed by atoms with Gasteiger partial charge in [-0.1, -0.05) is 0 Å². The van der Waals surface area contributed by atoms with Crippen LogP contribution in [0.25, 0.3) is 0 Å². The van der Waals surface area contributed by atoms with Crippen molar-refractivity contribution in [1.29, 1.82) is 0 Å². The fraction of sp³-hybridized carbons (Fsp3) is 0.467. The zero-order valence-electron chi connectivity index (χ0n) is 11.2. The Morgan fingerprint density at radius 2 is 2.15 bits per heavy atom. The number of aryl methyl sites for hydroxylation is 1. The molecule has 5 heteroatoms. The smallest absolute Gasteiger partial charge is 0.344 e. The van der Waals surface area contributed by atoms with Gasteiger partial charge in [0, 0.05) is 12.1 Å². The van der Waals surface area contributed by atoms with E-state index in [1.807, 2.05) is 6.07 Å². The summed E-state index contributed by atoms with van der Waals surface area (Å²) in [5, 5.41) is 2.81. The maximum Gasteiger partial charge on any atom is 0.344 e. The molecule has 2 aliphatic rings. The van der Waals surface area contributed by atoms with E-state index in [0.29, 0.717) is 31.1 Å². The molecule has 5 nitrogen and oxygen atoms in total. The van der Waals surface area contributed by atoms with Crippen LogP contribution >= 0.6 is 0 Å². The number of nitrogens with one attached hydrogen (secondary N) is 1. The number of carbonyl (C=O) groups is 2. The monoisotopic (exact) mass is 275 g/mol.